The molecule has 0 spiro atoms. The Labute approximate surface area is 114 Å². The molecule has 0 fully saturated rings. The number of halogens is 1. The van der Waals surface area contributed by atoms with Crippen LogP contribution >= 0.6 is 27.3 Å². The molecule has 2 nitrogen and oxygen atoms in total. The van der Waals surface area contributed by atoms with Gasteiger partial charge < -0.3 is 9.73 Å². The summed E-state index contributed by atoms with van der Waals surface area (Å²) in [4.78, 5) is 0. The molecule has 2 aromatic rings. The van der Waals surface area contributed by atoms with Crippen LogP contribution in [0.2, 0.25) is 0 Å². The summed E-state index contributed by atoms with van der Waals surface area (Å²) in [7, 11) is 0. The van der Waals surface area contributed by atoms with Gasteiger partial charge in [0.05, 0.1) is 3.79 Å². The maximum atomic E-state index is 5.55. The van der Waals surface area contributed by atoms with E-state index in [1.807, 2.05) is 13.8 Å². The molecule has 2 rings (SSSR count). The quantitative estimate of drug-likeness (QED) is 0.894. The number of thiophene rings is 1. The summed E-state index contributed by atoms with van der Waals surface area (Å²) >= 11 is 5.19. The first-order valence-corrected chi connectivity index (χ1v) is 7.26. The SMILES string of the molecule is Cc1cc(C(C)NCc2csc(Br)c2)c(C)o1. The predicted molar refractivity (Wildman–Crippen MR) is 75.5 cm³/mol. The van der Waals surface area contributed by atoms with E-state index in [2.05, 4.69) is 45.7 Å². The highest BCUT2D eigenvalue weighted by Gasteiger charge is 2.12. The lowest BCUT2D eigenvalue weighted by Gasteiger charge is -2.12. The summed E-state index contributed by atoms with van der Waals surface area (Å²) in [6.45, 7) is 7.05. The number of hydrogen-bond donors (Lipinski definition) is 1. The van der Waals surface area contributed by atoms with Crippen molar-refractivity contribution in [2.75, 3.05) is 0 Å². The van der Waals surface area contributed by atoms with Crippen LogP contribution in [0.4, 0.5) is 0 Å². The van der Waals surface area contributed by atoms with Gasteiger partial charge in [-0.05, 0) is 59.8 Å². The molecule has 2 aromatic heterocycles. The molecule has 17 heavy (non-hydrogen) atoms. The van der Waals surface area contributed by atoms with Gasteiger partial charge in [0.1, 0.15) is 11.5 Å². The van der Waals surface area contributed by atoms with Crippen LogP contribution in [-0.2, 0) is 6.54 Å². The van der Waals surface area contributed by atoms with E-state index in [4.69, 9.17) is 4.42 Å². The smallest absolute Gasteiger partial charge is 0.105 e. The molecule has 1 atom stereocenters. The molecule has 92 valence electrons. The van der Waals surface area contributed by atoms with Gasteiger partial charge >= 0.3 is 0 Å². The van der Waals surface area contributed by atoms with Gasteiger partial charge in [-0.1, -0.05) is 0 Å². The third-order valence-corrected chi connectivity index (χ3v) is 4.33. The molecule has 0 saturated heterocycles. The minimum atomic E-state index is 0.311. The van der Waals surface area contributed by atoms with Gasteiger partial charge in [0.2, 0.25) is 0 Å². The van der Waals surface area contributed by atoms with Crippen LogP contribution in [-0.4, -0.2) is 0 Å². The van der Waals surface area contributed by atoms with Crippen molar-refractivity contribution in [3.05, 3.63) is 43.9 Å². The van der Waals surface area contributed by atoms with E-state index in [0.29, 0.717) is 6.04 Å². The highest BCUT2D eigenvalue weighted by Crippen LogP contribution is 2.23. The second kappa shape index (κ2) is 5.38. The largest absolute Gasteiger partial charge is 0.466 e. The monoisotopic (exact) mass is 313 g/mol. The van der Waals surface area contributed by atoms with Crippen LogP contribution in [0.15, 0.2) is 25.7 Å². The average molecular weight is 314 g/mol. The number of rotatable bonds is 4. The number of nitrogens with one attached hydrogen (secondary N) is 1. The molecule has 0 aliphatic carbocycles. The van der Waals surface area contributed by atoms with Gasteiger partial charge in [-0.2, -0.15) is 0 Å². The fourth-order valence-corrected chi connectivity index (χ4v) is 3.11. The van der Waals surface area contributed by atoms with Crippen LogP contribution < -0.4 is 5.32 Å². The Kier molecular flexibility index (Phi) is 4.07. The molecule has 0 aliphatic rings. The first-order valence-electron chi connectivity index (χ1n) is 5.59. The molecule has 1 N–H and O–H groups in total. The number of aryl methyl sites for hydroxylation is 2. The summed E-state index contributed by atoms with van der Waals surface area (Å²) < 4.78 is 6.72. The van der Waals surface area contributed by atoms with Crippen LogP contribution in [0.1, 0.15) is 35.6 Å². The molecular formula is C13H16BrNOS. The van der Waals surface area contributed by atoms with E-state index < -0.39 is 0 Å². The van der Waals surface area contributed by atoms with Crippen molar-refractivity contribution in [1.29, 1.82) is 0 Å². The van der Waals surface area contributed by atoms with Gasteiger partial charge in [0.15, 0.2) is 0 Å². The van der Waals surface area contributed by atoms with Crippen LogP contribution in [0, 0.1) is 13.8 Å². The molecule has 0 aromatic carbocycles. The van der Waals surface area contributed by atoms with E-state index in [1.54, 1.807) is 11.3 Å². The van der Waals surface area contributed by atoms with Gasteiger partial charge in [0.25, 0.3) is 0 Å². The average Bonchev–Trinajstić information content (AvgIpc) is 2.81. The van der Waals surface area contributed by atoms with E-state index >= 15 is 0 Å². The predicted octanol–water partition coefficient (Wildman–Crippen LogP) is 4.57. The lowest BCUT2D eigenvalue weighted by Crippen LogP contribution is -2.17. The first kappa shape index (κ1) is 12.9. The van der Waals surface area contributed by atoms with E-state index in [1.165, 1.54) is 14.9 Å². The third kappa shape index (κ3) is 3.21. The zero-order valence-corrected chi connectivity index (χ0v) is 12.6. The molecule has 0 bridgehead atoms. The molecule has 0 amide bonds. The van der Waals surface area contributed by atoms with Gasteiger partial charge in [-0.15, -0.1) is 11.3 Å². The topological polar surface area (TPSA) is 25.2 Å². The molecule has 0 aliphatic heterocycles. The highest BCUT2D eigenvalue weighted by atomic mass is 79.9. The van der Waals surface area contributed by atoms with Crippen LogP contribution in [0.25, 0.3) is 0 Å². The maximum Gasteiger partial charge on any atom is 0.105 e. The Morgan fingerprint density at radius 3 is 2.71 bits per heavy atom. The minimum Gasteiger partial charge on any atom is -0.466 e. The fraction of sp³-hybridized carbons (Fsp3) is 0.385. The summed E-state index contributed by atoms with van der Waals surface area (Å²) in [5, 5.41) is 5.67. The van der Waals surface area contributed by atoms with E-state index in [0.717, 1.165) is 18.1 Å². The molecule has 1 unspecified atom stereocenters. The van der Waals surface area contributed by atoms with Gasteiger partial charge in [0, 0.05) is 18.2 Å². The summed E-state index contributed by atoms with van der Waals surface area (Å²) in [6, 6.07) is 4.57. The minimum absolute atomic E-state index is 0.311. The highest BCUT2D eigenvalue weighted by molar-refractivity contribution is 9.11. The maximum absolute atomic E-state index is 5.55. The number of furan rings is 1. The molecular weight excluding hydrogens is 298 g/mol. The second-order valence-corrected chi connectivity index (χ2v) is 6.52. The van der Waals surface area contributed by atoms with E-state index in [-0.39, 0.29) is 0 Å². The number of hydrogen-bond acceptors (Lipinski definition) is 3. The van der Waals surface area contributed by atoms with Crippen molar-refractivity contribution in [3.8, 4) is 0 Å². The van der Waals surface area contributed by atoms with Crippen molar-refractivity contribution < 1.29 is 4.42 Å². The first-order chi connectivity index (χ1) is 8.06. The van der Waals surface area contributed by atoms with Gasteiger partial charge in [-0.25, -0.2) is 0 Å². The molecule has 2 heterocycles. The third-order valence-electron chi connectivity index (χ3n) is 2.78. The van der Waals surface area contributed by atoms with Crippen molar-refractivity contribution in [2.24, 2.45) is 0 Å². The zero-order valence-electron chi connectivity index (χ0n) is 10.2. The zero-order chi connectivity index (χ0) is 12.4. The Hall–Kier alpha value is -0.580. The summed E-state index contributed by atoms with van der Waals surface area (Å²) in [5.74, 6) is 1.98. The Balaban J connectivity index is 1.97. The summed E-state index contributed by atoms with van der Waals surface area (Å²) in [5.41, 5.74) is 2.56. The summed E-state index contributed by atoms with van der Waals surface area (Å²) in [6.07, 6.45) is 0. The van der Waals surface area contributed by atoms with Crippen LogP contribution in [0.3, 0.4) is 0 Å². The normalized spacial score (nSPS) is 12.9. The van der Waals surface area contributed by atoms with Crippen molar-refractivity contribution in [2.45, 2.75) is 33.4 Å². The van der Waals surface area contributed by atoms with Crippen molar-refractivity contribution in [3.63, 3.8) is 0 Å². The molecule has 0 saturated carbocycles. The fourth-order valence-electron chi connectivity index (χ4n) is 1.90. The Bertz CT molecular complexity index is 503. The molecule has 0 radical (unpaired) electrons. The Morgan fingerprint density at radius 2 is 2.18 bits per heavy atom. The van der Waals surface area contributed by atoms with Crippen molar-refractivity contribution >= 4 is 27.3 Å². The Morgan fingerprint density at radius 1 is 1.41 bits per heavy atom. The van der Waals surface area contributed by atoms with Crippen LogP contribution in [0.5, 0.6) is 0 Å². The lowest BCUT2D eigenvalue weighted by atomic mass is 10.1. The lowest BCUT2D eigenvalue weighted by molar-refractivity contribution is 0.490. The van der Waals surface area contributed by atoms with Gasteiger partial charge in [-0.3, -0.25) is 0 Å². The van der Waals surface area contributed by atoms with E-state index in [9.17, 15) is 0 Å². The standard InChI is InChI=1S/C13H16BrNOS/c1-8-4-12(10(3)16-8)9(2)15-6-11-5-13(14)17-7-11/h4-5,7,9,15H,6H2,1-3H3. The second-order valence-electron chi connectivity index (χ2n) is 4.23. The molecule has 4 heteroatoms. The van der Waals surface area contributed by atoms with Crippen molar-refractivity contribution in [1.82, 2.24) is 5.32 Å².